The lowest BCUT2D eigenvalue weighted by atomic mass is 10.1. The van der Waals surface area contributed by atoms with Gasteiger partial charge < -0.3 is 4.90 Å². The molecule has 5 heteroatoms. The van der Waals surface area contributed by atoms with Gasteiger partial charge in [-0.2, -0.15) is 5.10 Å². The topological polar surface area (TPSA) is 52.2 Å². The van der Waals surface area contributed by atoms with Crippen LogP contribution in [-0.2, 0) is 30.8 Å². The molecule has 0 bridgehead atoms. The Morgan fingerprint density at radius 2 is 2.00 bits per heavy atom. The van der Waals surface area contributed by atoms with Gasteiger partial charge in [0, 0.05) is 32.1 Å². The molecule has 25 heavy (non-hydrogen) atoms. The summed E-state index contributed by atoms with van der Waals surface area (Å²) in [5, 5.41) is 8.28. The number of likely N-dealkylation sites (N-methyl/N-ethyl adjacent to an activating group) is 1. The molecular weight excluding hydrogens is 312 g/mol. The summed E-state index contributed by atoms with van der Waals surface area (Å²) in [5.41, 5.74) is 5.72. The van der Waals surface area contributed by atoms with Crippen LogP contribution < -0.4 is 0 Å². The van der Waals surface area contributed by atoms with E-state index >= 15 is 0 Å². The lowest BCUT2D eigenvalue weighted by Crippen LogP contribution is -2.28. The van der Waals surface area contributed by atoms with E-state index in [0.29, 0.717) is 13.0 Å². The molecule has 128 valence electrons. The van der Waals surface area contributed by atoms with Crippen LogP contribution in [0.15, 0.2) is 42.5 Å². The number of amides is 1. The second-order valence-corrected chi connectivity index (χ2v) is 6.92. The summed E-state index contributed by atoms with van der Waals surface area (Å²) < 4.78 is 0. The zero-order chi connectivity index (χ0) is 17.4. The van der Waals surface area contributed by atoms with Crippen LogP contribution in [0, 0.1) is 0 Å². The third kappa shape index (κ3) is 3.15. The van der Waals surface area contributed by atoms with Crippen LogP contribution in [0.2, 0.25) is 0 Å². The second kappa shape index (κ2) is 6.33. The first-order valence-electron chi connectivity index (χ1n) is 8.55. The Labute approximate surface area is 147 Å². The molecule has 3 aromatic rings. The van der Waals surface area contributed by atoms with E-state index < -0.39 is 0 Å². The maximum absolute atomic E-state index is 12.6. The van der Waals surface area contributed by atoms with Crippen LogP contribution in [0.3, 0.4) is 0 Å². The van der Waals surface area contributed by atoms with E-state index in [0.717, 1.165) is 29.7 Å². The molecule has 0 spiro atoms. The average molecular weight is 334 g/mol. The van der Waals surface area contributed by atoms with Gasteiger partial charge in [0.15, 0.2) is 0 Å². The van der Waals surface area contributed by atoms with Gasteiger partial charge >= 0.3 is 0 Å². The average Bonchev–Trinajstić information content (AvgIpc) is 3.17. The van der Waals surface area contributed by atoms with Crippen molar-refractivity contribution in [2.75, 3.05) is 14.1 Å². The number of fused-ring (bicyclic) bond motifs is 2. The monoisotopic (exact) mass is 334 g/mol. The van der Waals surface area contributed by atoms with Gasteiger partial charge in [-0.25, -0.2) is 0 Å². The molecule has 0 radical (unpaired) electrons. The van der Waals surface area contributed by atoms with Crippen molar-refractivity contribution in [3.63, 3.8) is 0 Å². The Balaban J connectivity index is 1.45. The molecule has 5 nitrogen and oxygen atoms in total. The number of para-hydroxylation sites is 1. The number of nitrogens with one attached hydrogen (secondary N) is 1. The van der Waals surface area contributed by atoms with Crippen LogP contribution in [0.25, 0.3) is 10.9 Å². The summed E-state index contributed by atoms with van der Waals surface area (Å²) in [4.78, 5) is 16.7. The number of hydrogen-bond acceptors (Lipinski definition) is 3. The molecule has 0 unspecified atom stereocenters. The number of carbonyl (C=O) groups is 1. The van der Waals surface area contributed by atoms with Crippen LogP contribution in [0.4, 0.5) is 0 Å². The number of hydrogen-bond donors (Lipinski definition) is 1. The zero-order valence-electron chi connectivity index (χ0n) is 14.6. The second-order valence-electron chi connectivity index (χ2n) is 6.92. The molecule has 0 atom stereocenters. The van der Waals surface area contributed by atoms with Crippen molar-refractivity contribution < 1.29 is 4.79 Å². The maximum Gasteiger partial charge on any atom is 0.228 e. The minimum atomic E-state index is 0.0898. The summed E-state index contributed by atoms with van der Waals surface area (Å²) in [5.74, 6) is 0.0898. The first kappa shape index (κ1) is 15.8. The van der Waals surface area contributed by atoms with E-state index in [9.17, 15) is 4.79 Å². The molecule has 0 saturated carbocycles. The van der Waals surface area contributed by atoms with Gasteiger partial charge in [0.05, 0.1) is 17.6 Å². The Hall–Kier alpha value is -2.66. The molecule has 1 N–H and O–H groups in total. The lowest BCUT2D eigenvalue weighted by molar-refractivity contribution is -0.129. The fourth-order valence-electron chi connectivity index (χ4n) is 3.51. The molecule has 2 heterocycles. The first-order chi connectivity index (χ1) is 12.1. The molecule has 0 saturated heterocycles. The summed E-state index contributed by atoms with van der Waals surface area (Å²) in [7, 11) is 3.99. The van der Waals surface area contributed by atoms with E-state index in [1.807, 2.05) is 31.3 Å². The number of aromatic amines is 1. The number of aromatic nitrogens is 2. The summed E-state index contributed by atoms with van der Waals surface area (Å²) in [6, 6.07) is 14.4. The minimum absolute atomic E-state index is 0.0898. The van der Waals surface area contributed by atoms with Crippen molar-refractivity contribution in [3.05, 3.63) is 64.8 Å². The highest BCUT2D eigenvalue weighted by molar-refractivity contribution is 5.87. The third-order valence-electron chi connectivity index (χ3n) is 4.87. The van der Waals surface area contributed by atoms with Gasteiger partial charge in [0.1, 0.15) is 0 Å². The van der Waals surface area contributed by atoms with Gasteiger partial charge in [0.25, 0.3) is 0 Å². The standard InChI is InChI=1S/C20H22N4O/c1-23-12-15-8-7-14(9-16(15)13-23)11-24(2)20(25)10-19-17-5-3-4-6-18(17)21-22-19/h3-9H,10-13H2,1-2H3,(H,21,22). The first-order valence-corrected chi connectivity index (χ1v) is 8.55. The van der Waals surface area contributed by atoms with Crippen LogP contribution >= 0.6 is 0 Å². The Morgan fingerprint density at radius 1 is 1.20 bits per heavy atom. The van der Waals surface area contributed by atoms with Crippen LogP contribution in [0.1, 0.15) is 22.4 Å². The van der Waals surface area contributed by atoms with E-state index in [1.54, 1.807) is 4.90 Å². The molecule has 2 aromatic carbocycles. The maximum atomic E-state index is 12.6. The molecule has 0 fully saturated rings. The van der Waals surface area contributed by atoms with E-state index in [-0.39, 0.29) is 5.91 Å². The molecule has 1 aromatic heterocycles. The third-order valence-corrected chi connectivity index (χ3v) is 4.87. The van der Waals surface area contributed by atoms with Crippen molar-refractivity contribution in [1.82, 2.24) is 20.0 Å². The van der Waals surface area contributed by atoms with E-state index in [1.165, 1.54) is 16.7 Å². The van der Waals surface area contributed by atoms with Gasteiger partial charge in [-0.05, 0) is 29.8 Å². The van der Waals surface area contributed by atoms with Crippen molar-refractivity contribution in [3.8, 4) is 0 Å². The van der Waals surface area contributed by atoms with Crippen LogP contribution in [-0.4, -0.2) is 40.0 Å². The van der Waals surface area contributed by atoms with Crippen LogP contribution in [0.5, 0.6) is 0 Å². The smallest absolute Gasteiger partial charge is 0.228 e. The molecule has 4 rings (SSSR count). The summed E-state index contributed by atoms with van der Waals surface area (Å²) >= 11 is 0. The Bertz CT molecular complexity index is 930. The number of rotatable bonds is 4. The van der Waals surface area contributed by atoms with Gasteiger partial charge in [-0.1, -0.05) is 36.4 Å². The minimum Gasteiger partial charge on any atom is -0.341 e. The molecule has 1 amide bonds. The predicted octanol–water partition coefficient (Wildman–Crippen LogP) is 2.71. The number of nitrogens with zero attached hydrogens (tertiary/aromatic N) is 3. The normalized spacial score (nSPS) is 14.0. The van der Waals surface area contributed by atoms with Gasteiger partial charge in [-0.3, -0.25) is 14.8 Å². The van der Waals surface area contributed by atoms with E-state index in [2.05, 4.69) is 40.3 Å². The Morgan fingerprint density at radius 3 is 2.88 bits per heavy atom. The Kier molecular flexibility index (Phi) is 4.01. The number of H-pyrrole nitrogens is 1. The van der Waals surface area contributed by atoms with E-state index in [4.69, 9.17) is 0 Å². The SMILES string of the molecule is CN1Cc2ccc(CN(C)C(=O)Cc3[nH]nc4ccccc34)cc2C1. The number of benzene rings is 2. The van der Waals surface area contributed by atoms with Crippen molar-refractivity contribution >= 4 is 16.8 Å². The largest absolute Gasteiger partial charge is 0.341 e. The molecule has 1 aliphatic rings. The quantitative estimate of drug-likeness (QED) is 0.798. The van der Waals surface area contributed by atoms with Crippen molar-refractivity contribution in [1.29, 1.82) is 0 Å². The molecule has 1 aliphatic heterocycles. The number of carbonyl (C=O) groups excluding carboxylic acids is 1. The lowest BCUT2D eigenvalue weighted by Gasteiger charge is -2.17. The highest BCUT2D eigenvalue weighted by Crippen LogP contribution is 2.23. The van der Waals surface area contributed by atoms with Gasteiger partial charge in [0.2, 0.25) is 5.91 Å². The summed E-state index contributed by atoms with van der Waals surface area (Å²) in [6.07, 6.45) is 0.338. The highest BCUT2D eigenvalue weighted by atomic mass is 16.2. The van der Waals surface area contributed by atoms with Crippen molar-refractivity contribution in [2.24, 2.45) is 0 Å². The highest BCUT2D eigenvalue weighted by Gasteiger charge is 2.17. The zero-order valence-corrected chi connectivity index (χ0v) is 14.6. The predicted molar refractivity (Wildman–Crippen MR) is 97.9 cm³/mol. The summed E-state index contributed by atoms with van der Waals surface area (Å²) in [6.45, 7) is 2.63. The van der Waals surface area contributed by atoms with Crippen molar-refractivity contribution in [2.45, 2.75) is 26.1 Å². The fourth-order valence-corrected chi connectivity index (χ4v) is 3.51. The molecule has 0 aliphatic carbocycles. The molecular formula is C20H22N4O. The fraction of sp³-hybridized carbons (Fsp3) is 0.300. The van der Waals surface area contributed by atoms with Gasteiger partial charge in [-0.15, -0.1) is 0 Å².